The minimum absolute atomic E-state index is 0.0359. The number of ether oxygens (including phenoxy) is 1. The first-order valence-corrected chi connectivity index (χ1v) is 10.8. The maximum Gasteiger partial charge on any atom is 0.269 e. The number of primary amides is 1. The van der Waals surface area contributed by atoms with Gasteiger partial charge in [0.2, 0.25) is 5.95 Å². The van der Waals surface area contributed by atoms with E-state index in [0.717, 1.165) is 12.8 Å². The highest BCUT2D eigenvalue weighted by Gasteiger charge is 2.20. The lowest BCUT2D eigenvalue weighted by Crippen LogP contribution is -2.37. The number of carbonyl (C=O) groups excluding carboxylic acids is 1. The zero-order valence-corrected chi connectivity index (χ0v) is 17.9. The van der Waals surface area contributed by atoms with Crippen molar-refractivity contribution in [2.75, 3.05) is 36.9 Å². The molecular weight excluding hydrogens is 412 g/mol. The van der Waals surface area contributed by atoms with Crippen LogP contribution < -0.4 is 16.4 Å². The van der Waals surface area contributed by atoms with Crippen molar-refractivity contribution in [2.45, 2.75) is 38.2 Å². The first kappa shape index (κ1) is 21.9. The van der Waals surface area contributed by atoms with Crippen molar-refractivity contribution in [3.8, 4) is 11.3 Å². The summed E-state index contributed by atoms with van der Waals surface area (Å²) in [6.45, 7) is 2.61. The number of amides is 1. The molecule has 0 aromatic carbocycles. The van der Waals surface area contributed by atoms with Gasteiger partial charge in [0.05, 0.1) is 31.2 Å². The van der Waals surface area contributed by atoms with Crippen LogP contribution in [0.1, 0.15) is 42.6 Å². The highest BCUT2D eigenvalue weighted by Crippen LogP contribution is 2.26. The Kier molecular flexibility index (Phi) is 6.76. The molecule has 4 heterocycles. The fourth-order valence-electron chi connectivity index (χ4n) is 3.79. The zero-order chi connectivity index (χ0) is 22.5. The van der Waals surface area contributed by atoms with Gasteiger partial charge in [-0.25, -0.2) is 19.5 Å². The Morgan fingerprint density at radius 2 is 1.81 bits per heavy atom. The van der Waals surface area contributed by atoms with Crippen LogP contribution in [0.15, 0.2) is 24.7 Å². The van der Waals surface area contributed by atoms with Crippen molar-refractivity contribution in [3.05, 3.63) is 30.4 Å². The number of hydrogen-bond donors (Lipinski definition) is 3. The molecule has 1 aliphatic heterocycles. The van der Waals surface area contributed by atoms with Crippen LogP contribution in [0.2, 0.25) is 0 Å². The van der Waals surface area contributed by atoms with Crippen LogP contribution in [-0.4, -0.2) is 68.0 Å². The van der Waals surface area contributed by atoms with Crippen LogP contribution in [0.3, 0.4) is 0 Å². The summed E-state index contributed by atoms with van der Waals surface area (Å²) in [5.74, 6) is 0.306. The molecule has 1 aliphatic carbocycles. The molecule has 11 nitrogen and oxygen atoms in total. The number of nitrogens with zero attached hydrogens (tertiary/aromatic N) is 6. The number of hydrogen-bond acceptors (Lipinski definition) is 9. The molecule has 3 aromatic rings. The highest BCUT2D eigenvalue weighted by molar-refractivity contribution is 5.93. The van der Waals surface area contributed by atoms with Gasteiger partial charge in [-0.05, 0) is 12.8 Å². The van der Waals surface area contributed by atoms with Gasteiger partial charge in [0, 0.05) is 37.1 Å². The van der Waals surface area contributed by atoms with Crippen molar-refractivity contribution in [3.63, 3.8) is 0 Å². The maximum absolute atomic E-state index is 11.5. The normalized spacial score (nSPS) is 17.1. The fourth-order valence-corrected chi connectivity index (χ4v) is 3.79. The van der Waals surface area contributed by atoms with E-state index < -0.39 is 5.91 Å². The Balaban J connectivity index is 0.000000300. The Labute approximate surface area is 185 Å². The van der Waals surface area contributed by atoms with Crippen LogP contribution in [0.4, 0.5) is 11.8 Å². The molecule has 0 unspecified atom stereocenters. The monoisotopic (exact) mass is 440 g/mol. The predicted molar refractivity (Wildman–Crippen MR) is 119 cm³/mol. The third kappa shape index (κ3) is 5.11. The van der Waals surface area contributed by atoms with Gasteiger partial charge in [0.15, 0.2) is 11.5 Å². The summed E-state index contributed by atoms with van der Waals surface area (Å²) in [6.07, 6.45) is 10.8. The van der Waals surface area contributed by atoms with Gasteiger partial charge in [0.1, 0.15) is 5.52 Å². The molecule has 5 N–H and O–H groups in total. The summed E-state index contributed by atoms with van der Waals surface area (Å²) in [6, 6.07) is 1.64. The SMILES string of the molecule is NC(=O)c1cc2c(N3CCOCC3)nc(-c3cnc(N)nc3)cn2n1.OC1CCCCC1. The number of morpholine rings is 1. The second-order valence-electron chi connectivity index (χ2n) is 7.89. The van der Waals surface area contributed by atoms with Crippen LogP contribution in [0.5, 0.6) is 0 Å². The van der Waals surface area contributed by atoms with E-state index in [4.69, 9.17) is 26.3 Å². The number of nitrogen functional groups attached to an aromatic ring is 1. The molecule has 1 saturated carbocycles. The minimum atomic E-state index is -0.589. The molecule has 0 atom stereocenters. The fraction of sp³-hybridized carbons (Fsp3) is 0.476. The second kappa shape index (κ2) is 9.88. The minimum Gasteiger partial charge on any atom is -0.393 e. The third-order valence-corrected chi connectivity index (χ3v) is 5.54. The summed E-state index contributed by atoms with van der Waals surface area (Å²) >= 11 is 0. The second-order valence-corrected chi connectivity index (χ2v) is 7.89. The predicted octanol–water partition coefficient (Wildman–Crippen LogP) is 1.02. The van der Waals surface area contributed by atoms with Gasteiger partial charge in [0.25, 0.3) is 5.91 Å². The average Bonchev–Trinajstić information content (AvgIpc) is 3.25. The van der Waals surface area contributed by atoms with E-state index in [0.29, 0.717) is 48.9 Å². The van der Waals surface area contributed by atoms with E-state index in [1.807, 2.05) is 0 Å². The van der Waals surface area contributed by atoms with Crippen LogP contribution in [0, 0.1) is 0 Å². The van der Waals surface area contributed by atoms with Gasteiger partial charge in [-0.2, -0.15) is 5.10 Å². The molecule has 0 bridgehead atoms. The Morgan fingerprint density at radius 3 is 2.41 bits per heavy atom. The lowest BCUT2D eigenvalue weighted by molar-refractivity contribution is 0.0995. The Morgan fingerprint density at radius 1 is 1.12 bits per heavy atom. The summed E-state index contributed by atoms with van der Waals surface area (Å²) in [5.41, 5.74) is 13.1. The number of aliphatic hydroxyl groups is 1. The number of fused-ring (bicyclic) bond motifs is 1. The standard InChI is InChI=1S/C15H16N8O2.C6H12O/c16-13(24)10-5-12-14(22-1-3-25-4-2-22)20-11(8-23(12)21-10)9-6-18-15(17)19-7-9;7-6-4-2-1-3-5-6/h5-8H,1-4H2,(H2,16,24)(H2,17,18,19);6-7H,1-5H2. The summed E-state index contributed by atoms with van der Waals surface area (Å²) in [4.78, 5) is 26.3. The van der Waals surface area contributed by atoms with Gasteiger partial charge in [-0.15, -0.1) is 0 Å². The molecule has 1 amide bonds. The van der Waals surface area contributed by atoms with E-state index in [-0.39, 0.29) is 17.7 Å². The zero-order valence-electron chi connectivity index (χ0n) is 17.9. The highest BCUT2D eigenvalue weighted by atomic mass is 16.5. The number of anilines is 2. The van der Waals surface area contributed by atoms with Crippen molar-refractivity contribution < 1.29 is 14.6 Å². The molecule has 11 heteroatoms. The largest absolute Gasteiger partial charge is 0.393 e. The number of aliphatic hydroxyl groups excluding tert-OH is 1. The number of aromatic nitrogens is 5. The van der Waals surface area contributed by atoms with Crippen molar-refractivity contribution in [1.82, 2.24) is 24.6 Å². The number of rotatable bonds is 3. The van der Waals surface area contributed by atoms with Crippen LogP contribution in [0.25, 0.3) is 16.8 Å². The molecular formula is C21H28N8O3. The molecule has 0 radical (unpaired) electrons. The third-order valence-electron chi connectivity index (χ3n) is 5.54. The van der Waals surface area contributed by atoms with E-state index >= 15 is 0 Å². The van der Waals surface area contributed by atoms with Gasteiger partial charge in [-0.3, -0.25) is 4.79 Å². The summed E-state index contributed by atoms with van der Waals surface area (Å²) in [5, 5.41) is 13.2. The topological polar surface area (TPSA) is 158 Å². The lowest BCUT2D eigenvalue weighted by atomic mass is 9.98. The summed E-state index contributed by atoms with van der Waals surface area (Å²) in [7, 11) is 0. The molecule has 3 aromatic heterocycles. The van der Waals surface area contributed by atoms with Gasteiger partial charge < -0.3 is 26.2 Å². The van der Waals surface area contributed by atoms with Gasteiger partial charge in [-0.1, -0.05) is 19.3 Å². The van der Waals surface area contributed by atoms with Crippen LogP contribution >= 0.6 is 0 Å². The molecule has 5 rings (SSSR count). The Bertz CT molecular complexity index is 1060. The average molecular weight is 441 g/mol. The first-order valence-electron chi connectivity index (χ1n) is 10.8. The summed E-state index contributed by atoms with van der Waals surface area (Å²) < 4.78 is 7.01. The smallest absolute Gasteiger partial charge is 0.269 e. The first-order chi connectivity index (χ1) is 15.5. The van der Waals surface area contributed by atoms with Crippen LogP contribution in [-0.2, 0) is 4.74 Å². The van der Waals surface area contributed by atoms with E-state index in [2.05, 4.69) is 20.0 Å². The molecule has 170 valence electrons. The number of carbonyl (C=O) groups is 1. The molecule has 1 saturated heterocycles. The molecule has 32 heavy (non-hydrogen) atoms. The molecule has 2 aliphatic rings. The lowest BCUT2D eigenvalue weighted by Gasteiger charge is -2.28. The van der Waals surface area contributed by atoms with E-state index in [1.165, 1.54) is 19.3 Å². The van der Waals surface area contributed by atoms with E-state index in [9.17, 15) is 4.79 Å². The quantitative estimate of drug-likeness (QED) is 0.540. The molecule has 2 fully saturated rings. The molecule has 0 spiro atoms. The van der Waals surface area contributed by atoms with Crippen molar-refractivity contribution >= 4 is 23.2 Å². The van der Waals surface area contributed by atoms with E-state index in [1.54, 1.807) is 29.2 Å². The maximum atomic E-state index is 11.5. The van der Waals surface area contributed by atoms with Gasteiger partial charge >= 0.3 is 0 Å². The Hall–Kier alpha value is -3.31. The number of nitrogens with two attached hydrogens (primary N) is 2. The van der Waals surface area contributed by atoms with Crippen molar-refractivity contribution in [1.29, 1.82) is 0 Å². The van der Waals surface area contributed by atoms with Crippen molar-refractivity contribution in [2.24, 2.45) is 5.73 Å².